The highest BCUT2D eigenvalue weighted by atomic mass is 79.9. The molecule has 0 aliphatic rings. The Morgan fingerprint density at radius 2 is 1.71 bits per heavy atom. The quantitative estimate of drug-likeness (QED) is 0.373. The Balaban J connectivity index is 2.74. The van der Waals surface area contributed by atoms with Crippen molar-refractivity contribution in [3.8, 4) is 0 Å². The molecular weight excluding hydrogens is 284 g/mol. The van der Waals surface area contributed by atoms with Gasteiger partial charge >= 0.3 is 5.97 Å². The van der Waals surface area contributed by atoms with Crippen LogP contribution in [-0.2, 0) is 9.53 Å². The van der Waals surface area contributed by atoms with Crippen molar-refractivity contribution < 1.29 is 14.3 Å². The number of carbonyl (C=O) groups excluding carboxylic acids is 2. The molecule has 1 atom stereocenters. The summed E-state index contributed by atoms with van der Waals surface area (Å²) in [6.45, 7) is 5.28. The number of ether oxygens (including phenoxy) is 1. The summed E-state index contributed by atoms with van der Waals surface area (Å²) in [4.78, 5) is 22.7. The average molecular weight is 299 g/mol. The first-order valence-electron chi connectivity index (χ1n) is 5.27. The number of hydrogen-bond acceptors (Lipinski definition) is 3. The summed E-state index contributed by atoms with van der Waals surface area (Å²) in [5.41, 5.74) is -0.111. The number of alkyl halides is 1. The molecule has 92 valence electrons. The van der Waals surface area contributed by atoms with Crippen LogP contribution in [0.1, 0.15) is 31.1 Å². The van der Waals surface area contributed by atoms with Crippen molar-refractivity contribution in [2.45, 2.75) is 31.2 Å². The van der Waals surface area contributed by atoms with Crippen molar-refractivity contribution in [1.82, 2.24) is 0 Å². The van der Waals surface area contributed by atoms with E-state index in [4.69, 9.17) is 4.74 Å². The zero-order valence-electron chi connectivity index (χ0n) is 10.1. The predicted molar refractivity (Wildman–Crippen MR) is 69.3 cm³/mol. The molecule has 0 radical (unpaired) electrons. The Bertz CT molecular complexity index is 406. The number of esters is 1. The standard InChI is InChI=1S/C13H15BrO3/c1-13(2,3)17-12(16)10(14)11(15)9-7-5-4-6-8-9/h4-8,10H,1-3H3/t10-/m1/s1. The summed E-state index contributed by atoms with van der Waals surface area (Å²) >= 11 is 3.07. The van der Waals surface area contributed by atoms with E-state index in [1.54, 1.807) is 45.0 Å². The number of Topliss-reactive ketones (excluding diaryl/α,β-unsaturated/α-hetero) is 1. The molecule has 1 aromatic rings. The molecule has 0 bridgehead atoms. The number of rotatable bonds is 3. The lowest BCUT2D eigenvalue weighted by Gasteiger charge is -2.21. The van der Waals surface area contributed by atoms with Gasteiger partial charge in [-0.15, -0.1) is 0 Å². The maximum absolute atomic E-state index is 11.9. The number of benzene rings is 1. The third-order valence-corrected chi connectivity index (χ3v) is 2.69. The zero-order chi connectivity index (χ0) is 13.1. The van der Waals surface area contributed by atoms with Gasteiger partial charge in [-0.3, -0.25) is 9.59 Å². The van der Waals surface area contributed by atoms with E-state index in [2.05, 4.69) is 15.9 Å². The van der Waals surface area contributed by atoms with Gasteiger partial charge in [0.25, 0.3) is 0 Å². The molecule has 0 heterocycles. The molecule has 0 fully saturated rings. The van der Waals surface area contributed by atoms with Gasteiger partial charge < -0.3 is 4.74 Å². The highest BCUT2D eigenvalue weighted by molar-refractivity contribution is 9.10. The molecule has 0 aliphatic carbocycles. The minimum atomic E-state index is -0.955. The van der Waals surface area contributed by atoms with Crippen LogP contribution >= 0.6 is 15.9 Å². The molecule has 0 N–H and O–H groups in total. The Labute approximate surface area is 109 Å². The van der Waals surface area contributed by atoms with Gasteiger partial charge in [-0.05, 0) is 20.8 Å². The number of hydrogen-bond donors (Lipinski definition) is 0. The van der Waals surface area contributed by atoms with Crippen LogP contribution in [0.15, 0.2) is 30.3 Å². The summed E-state index contributed by atoms with van der Waals surface area (Å²) in [6.07, 6.45) is 0. The van der Waals surface area contributed by atoms with Gasteiger partial charge in [-0.1, -0.05) is 46.3 Å². The van der Waals surface area contributed by atoms with E-state index in [-0.39, 0.29) is 5.78 Å². The van der Waals surface area contributed by atoms with E-state index in [9.17, 15) is 9.59 Å². The first-order chi connectivity index (χ1) is 7.81. The minimum absolute atomic E-state index is 0.292. The highest BCUT2D eigenvalue weighted by Gasteiger charge is 2.29. The van der Waals surface area contributed by atoms with Crippen molar-refractivity contribution in [2.75, 3.05) is 0 Å². The Morgan fingerprint density at radius 3 is 2.18 bits per heavy atom. The number of halogens is 1. The number of ketones is 1. The van der Waals surface area contributed by atoms with Crippen LogP contribution in [0.5, 0.6) is 0 Å². The molecule has 3 nitrogen and oxygen atoms in total. The van der Waals surface area contributed by atoms with Crippen LogP contribution < -0.4 is 0 Å². The molecule has 0 amide bonds. The van der Waals surface area contributed by atoms with Crippen molar-refractivity contribution >= 4 is 27.7 Å². The van der Waals surface area contributed by atoms with E-state index >= 15 is 0 Å². The monoisotopic (exact) mass is 298 g/mol. The van der Waals surface area contributed by atoms with Crippen LogP contribution in [0.25, 0.3) is 0 Å². The Kier molecular flexibility index (Phi) is 4.46. The maximum atomic E-state index is 11.9. The van der Waals surface area contributed by atoms with Crippen molar-refractivity contribution in [3.63, 3.8) is 0 Å². The lowest BCUT2D eigenvalue weighted by molar-refractivity contribution is -0.152. The summed E-state index contributed by atoms with van der Waals surface area (Å²) < 4.78 is 5.14. The number of carbonyl (C=O) groups is 2. The predicted octanol–water partition coefficient (Wildman–Crippen LogP) is 2.97. The molecule has 17 heavy (non-hydrogen) atoms. The molecule has 0 aliphatic heterocycles. The molecule has 0 saturated heterocycles. The van der Waals surface area contributed by atoms with E-state index in [0.717, 1.165) is 0 Å². The summed E-state index contributed by atoms with van der Waals surface area (Å²) in [7, 11) is 0. The minimum Gasteiger partial charge on any atom is -0.459 e. The van der Waals surface area contributed by atoms with Crippen LogP contribution in [-0.4, -0.2) is 22.2 Å². The van der Waals surface area contributed by atoms with E-state index in [1.807, 2.05) is 6.07 Å². The molecule has 1 aromatic carbocycles. The smallest absolute Gasteiger partial charge is 0.328 e. The first kappa shape index (κ1) is 13.9. The fourth-order valence-electron chi connectivity index (χ4n) is 1.21. The second-order valence-electron chi connectivity index (χ2n) is 4.63. The molecule has 0 saturated carbocycles. The van der Waals surface area contributed by atoms with E-state index in [0.29, 0.717) is 5.56 Å². The fraction of sp³-hybridized carbons (Fsp3) is 0.385. The molecule has 0 spiro atoms. The fourth-order valence-corrected chi connectivity index (χ4v) is 1.57. The molecule has 4 heteroatoms. The summed E-state index contributed by atoms with van der Waals surface area (Å²) in [6, 6.07) is 8.65. The lowest BCUT2D eigenvalue weighted by atomic mass is 10.1. The third-order valence-electron chi connectivity index (χ3n) is 1.90. The van der Waals surface area contributed by atoms with Crippen molar-refractivity contribution in [1.29, 1.82) is 0 Å². The normalized spacial score (nSPS) is 12.9. The third kappa shape index (κ3) is 4.30. The summed E-state index contributed by atoms with van der Waals surface area (Å²) in [5.74, 6) is -0.855. The van der Waals surface area contributed by atoms with Gasteiger partial charge in [0.05, 0.1) is 0 Å². The van der Waals surface area contributed by atoms with Gasteiger partial charge in [0.2, 0.25) is 0 Å². The second-order valence-corrected chi connectivity index (χ2v) is 5.54. The first-order valence-corrected chi connectivity index (χ1v) is 6.19. The van der Waals surface area contributed by atoms with Gasteiger partial charge in [0.1, 0.15) is 5.60 Å². The largest absolute Gasteiger partial charge is 0.459 e. The topological polar surface area (TPSA) is 43.4 Å². The molecular formula is C13H15BrO3. The van der Waals surface area contributed by atoms with Crippen molar-refractivity contribution in [3.05, 3.63) is 35.9 Å². The Hall–Kier alpha value is -1.16. The van der Waals surface area contributed by atoms with Crippen molar-refractivity contribution in [2.24, 2.45) is 0 Å². The maximum Gasteiger partial charge on any atom is 0.328 e. The van der Waals surface area contributed by atoms with Crippen LogP contribution in [0.3, 0.4) is 0 Å². The highest BCUT2D eigenvalue weighted by Crippen LogP contribution is 2.16. The van der Waals surface area contributed by atoms with E-state index in [1.165, 1.54) is 0 Å². The van der Waals surface area contributed by atoms with Crippen LogP contribution in [0, 0.1) is 0 Å². The average Bonchev–Trinajstić information content (AvgIpc) is 2.26. The SMILES string of the molecule is CC(C)(C)OC(=O)[C@H](Br)C(=O)c1ccccc1. The summed E-state index contributed by atoms with van der Waals surface area (Å²) in [5, 5.41) is 0. The molecule has 1 rings (SSSR count). The lowest BCUT2D eigenvalue weighted by Crippen LogP contribution is -2.33. The molecule has 0 unspecified atom stereocenters. The van der Waals surface area contributed by atoms with Crippen LogP contribution in [0.2, 0.25) is 0 Å². The van der Waals surface area contributed by atoms with E-state index < -0.39 is 16.4 Å². The van der Waals surface area contributed by atoms with Gasteiger partial charge in [-0.2, -0.15) is 0 Å². The zero-order valence-corrected chi connectivity index (χ0v) is 11.7. The van der Waals surface area contributed by atoms with Crippen LogP contribution in [0.4, 0.5) is 0 Å². The van der Waals surface area contributed by atoms with Gasteiger partial charge in [-0.25, -0.2) is 0 Å². The Morgan fingerprint density at radius 1 is 1.18 bits per heavy atom. The molecule has 0 aromatic heterocycles. The van der Waals surface area contributed by atoms with Gasteiger partial charge in [0, 0.05) is 5.56 Å². The van der Waals surface area contributed by atoms with Gasteiger partial charge in [0.15, 0.2) is 10.6 Å². The second kappa shape index (κ2) is 5.45.